The van der Waals surface area contributed by atoms with Crippen molar-refractivity contribution in [2.24, 2.45) is 5.73 Å². The van der Waals surface area contributed by atoms with Crippen LogP contribution in [0.1, 0.15) is 17.3 Å². The minimum absolute atomic E-state index is 0.421. The zero-order chi connectivity index (χ0) is 12.1. The topological polar surface area (TPSA) is 93.3 Å². The molecule has 0 aliphatic carbocycles. The third-order valence-corrected chi connectivity index (χ3v) is 2.59. The summed E-state index contributed by atoms with van der Waals surface area (Å²) >= 11 is 1.50. The third kappa shape index (κ3) is 3.03. The normalized spacial score (nSPS) is 9.31. The van der Waals surface area contributed by atoms with E-state index < -0.39 is 11.9 Å². The van der Waals surface area contributed by atoms with Gasteiger partial charge >= 0.3 is 0 Å². The number of carboxylic acid groups (broad SMARTS) is 1. The highest BCUT2D eigenvalue weighted by Gasteiger charge is 2.06. The number of nitrogens with two attached hydrogens (primary N) is 1. The van der Waals surface area contributed by atoms with Gasteiger partial charge in [0.15, 0.2) is 0 Å². The van der Waals surface area contributed by atoms with Gasteiger partial charge in [-0.1, -0.05) is 0 Å². The molecule has 2 heterocycles. The number of carbonyl (C=O) groups excluding carboxylic acids is 1. The fourth-order valence-electron chi connectivity index (χ4n) is 1.07. The lowest BCUT2D eigenvalue weighted by atomic mass is 10.2. The molecule has 2 rings (SSSR count). The van der Waals surface area contributed by atoms with Gasteiger partial charge in [-0.05, 0) is 11.4 Å². The SMILES string of the molecule is CC(=O)O.NC(=O)c1cncc2ccsc12. The van der Waals surface area contributed by atoms with E-state index in [9.17, 15) is 4.79 Å². The van der Waals surface area contributed by atoms with Crippen molar-refractivity contribution in [3.63, 3.8) is 0 Å². The molecule has 0 bridgehead atoms. The Bertz CT molecular complexity index is 518. The standard InChI is InChI=1S/C8H6N2OS.C2H4O2/c9-8(11)6-4-10-3-5-1-2-12-7(5)6;1-2(3)4/h1-4H,(H2,9,11);1H3,(H,3,4). The van der Waals surface area contributed by atoms with E-state index in [-0.39, 0.29) is 0 Å². The molecule has 2 aromatic rings. The van der Waals surface area contributed by atoms with Crippen molar-refractivity contribution in [3.8, 4) is 0 Å². The van der Waals surface area contributed by atoms with Gasteiger partial charge in [-0.3, -0.25) is 14.6 Å². The molecule has 6 heteroatoms. The van der Waals surface area contributed by atoms with Crippen LogP contribution in [0.5, 0.6) is 0 Å². The van der Waals surface area contributed by atoms with E-state index in [1.165, 1.54) is 17.5 Å². The first-order valence-corrected chi connectivity index (χ1v) is 5.21. The lowest BCUT2D eigenvalue weighted by Gasteiger charge is -1.94. The average molecular weight is 238 g/mol. The second-order valence-electron chi connectivity index (χ2n) is 2.91. The van der Waals surface area contributed by atoms with Crippen LogP contribution in [0.25, 0.3) is 10.1 Å². The third-order valence-electron chi connectivity index (χ3n) is 1.62. The number of rotatable bonds is 1. The number of pyridine rings is 1. The summed E-state index contributed by atoms with van der Waals surface area (Å²) < 4.78 is 0.914. The number of hydrogen-bond acceptors (Lipinski definition) is 4. The van der Waals surface area contributed by atoms with Gasteiger partial charge < -0.3 is 10.8 Å². The minimum atomic E-state index is -0.833. The zero-order valence-electron chi connectivity index (χ0n) is 8.51. The van der Waals surface area contributed by atoms with Crippen LogP contribution in [0, 0.1) is 0 Å². The van der Waals surface area contributed by atoms with E-state index in [4.69, 9.17) is 15.6 Å². The maximum absolute atomic E-state index is 10.9. The van der Waals surface area contributed by atoms with Crippen LogP contribution in [0.15, 0.2) is 23.8 Å². The van der Waals surface area contributed by atoms with Crippen molar-refractivity contribution < 1.29 is 14.7 Å². The van der Waals surface area contributed by atoms with E-state index in [0.717, 1.165) is 17.0 Å². The van der Waals surface area contributed by atoms with Crippen LogP contribution in [-0.4, -0.2) is 22.0 Å². The van der Waals surface area contributed by atoms with E-state index in [1.54, 1.807) is 6.20 Å². The Morgan fingerprint density at radius 1 is 1.44 bits per heavy atom. The van der Waals surface area contributed by atoms with Gasteiger partial charge in [0.05, 0.1) is 10.3 Å². The highest BCUT2D eigenvalue weighted by molar-refractivity contribution is 7.17. The molecule has 2 aromatic heterocycles. The monoisotopic (exact) mass is 238 g/mol. The van der Waals surface area contributed by atoms with Crippen molar-refractivity contribution in [2.45, 2.75) is 6.92 Å². The fraction of sp³-hybridized carbons (Fsp3) is 0.100. The summed E-state index contributed by atoms with van der Waals surface area (Å²) in [6, 6.07) is 1.92. The number of nitrogens with zero attached hydrogens (tertiary/aromatic N) is 1. The number of carbonyl (C=O) groups is 2. The Morgan fingerprint density at radius 2 is 2.06 bits per heavy atom. The summed E-state index contributed by atoms with van der Waals surface area (Å²) in [6.45, 7) is 1.08. The molecule has 1 amide bonds. The van der Waals surface area contributed by atoms with Crippen LogP contribution < -0.4 is 5.73 Å². The Morgan fingerprint density at radius 3 is 2.62 bits per heavy atom. The summed E-state index contributed by atoms with van der Waals surface area (Å²) in [5, 5.41) is 10.3. The number of carboxylic acids is 1. The van der Waals surface area contributed by atoms with Gasteiger partial charge in [0.2, 0.25) is 0 Å². The number of primary amides is 1. The van der Waals surface area contributed by atoms with Gasteiger partial charge in [0.25, 0.3) is 11.9 Å². The molecular weight excluding hydrogens is 228 g/mol. The van der Waals surface area contributed by atoms with Crippen molar-refractivity contribution in [1.29, 1.82) is 0 Å². The Hall–Kier alpha value is -1.95. The highest BCUT2D eigenvalue weighted by atomic mass is 32.1. The molecule has 0 atom stereocenters. The molecule has 5 nitrogen and oxygen atoms in total. The molecule has 0 saturated carbocycles. The second kappa shape index (κ2) is 5.22. The van der Waals surface area contributed by atoms with Crippen LogP contribution in [0.3, 0.4) is 0 Å². The van der Waals surface area contributed by atoms with Gasteiger partial charge in [-0.25, -0.2) is 0 Å². The van der Waals surface area contributed by atoms with Crippen molar-refractivity contribution in [3.05, 3.63) is 29.4 Å². The van der Waals surface area contributed by atoms with Gasteiger partial charge in [0.1, 0.15) is 0 Å². The second-order valence-corrected chi connectivity index (χ2v) is 3.83. The zero-order valence-corrected chi connectivity index (χ0v) is 9.32. The number of thiophene rings is 1. The molecule has 0 saturated heterocycles. The van der Waals surface area contributed by atoms with Gasteiger partial charge in [-0.2, -0.15) is 0 Å². The Labute approximate surface area is 95.5 Å². The van der Waals surface area contributed by atoms with E-state index in [1.807, 2.05) is 11.4 Å². The Balaban J connectivity index is 0.000000280. The maximum Gasteiger partial charge on any atom is 0.300 e. The van der Waals surface area contributed by atoms with Gasteiger partial charge in [-0.15, -0.1) is 11.3 Å². The molecule has 16 heavy (non-hydrogen) atoms. The van der Waals surface area contributed by atoms with E-state index in [0.29, 0.717) is 5.56 Å². The number of aromatic nitrogens is 1. The summed E-state index contributed by atoms with van der Waals surface area (Å²) in [5.41, 5.74) is 5.67. The lowest BCUT2D eigenvalue weighted by molar-refractivity contribution is -0.134. The maximum atomic E-state index is 10.9. The molecule has 0 fully saturated rings. The van der Waals surface area contributed by atoms with Crippen molar-refractivity contribution in [2.75, 3.05) is 0 Å². The molecule has 0 radical (unpaired) electrons. The molecule has 3 N–H and O–H groups in total. The number of amides is 1. The number of hydrogen-bond donors (Lipinski definition) is 2. The first kappa shape index (κ1) is 12.1. The predicted molar refractivity (Wildman–Crippen MR) is 61.4 cm³/mol. The van der Waals surface area contributed by atoms with Crippen molar-refractivity contribution in [1.82, 2.24) is 4.98 Å². The average Bonchev–Trinajstić information content (AvgIpc) is 2.63. The minimum Gasteiger partial charge on any atom is -0.481 e. The molecular formula is C10H10N2O3S. The first-order valence-electron chi connectivity index (χ1n) is 4.33. The molecule has 0 aliphatic heterocycles. The molecule has 0 unspecified atom stereocenters. The Kier molecular flexibility index (Phi) is 3.96. The van der Waals surface area contributed by atoms with Crippen LogP contribution in [-0.2, 0) is 4.79 Å². The molecule has 0 spiro atoms. The quantitative estimate of drug-likeness (QED) is 0.787. The molecule has 84 valence electrons. The smallest absolute Gasteiger partial charge is 0.300 e. The van der Waals surface area contributed by atoms with E-state index in [2.05, 4.69) is 4.98 Å². The van der Waals surface area contributed by atoms with Crippen LogP contribution in [0.4, 0.5) is 0 Å². The predicted octanol–water partition coefficient (Wildman–Crippen LogP) is 1.49. The molecule has 0 aliphatic rings. The first-order chi connectivity index (χ1) is 7.52. The van der Waals surface area contributed by atoms with E-state index >= 15 is 0 Å². The molecule has 0 aromatic carbocycles. The summed E-state index contributed by atoms with van der Waals surface area (Å²) in [5.74, 6) is -1.25. The summed E-state index contributed by atoms with van der Waals surface area (Å²) in [6.07, 6.45) is 3.22. The highest BCUT2D eigenvalue weighted by Crippen LogP contribution is 2.22. The lowest BCUT2D eigenvalue weighted by Crippen LogP contribution is -2.11. The number of fused-ring (bicyclic) bond motifs is 1. The summed E-state index contributed by atoms with van der Waals surface area (Å²) in [7, 11) is 0. The van der Waals surface area contributed by atoms with Crippen molar-refractivity contribution >= 4 is 33.3 Å². The summed E-state index contributed by atoms with van der Waals surface area (Å²) in [4.78, 5) is 23.8. The van der Waals surface area contributed by atoms with Gasteiger partial charge in [0, 0.05) is 24.7 Å². The van der Waals surface area contributed by atoms with Crippen LogP contribution >= 0.6 is 11.3 Å². The van der Waals surface area contributed by atoms with Crippen LogP contribution in [0.2, 0.25) is 0 Å². The largest absolute Gasteiger partial charge is 0.481 e. The number of aliphatic carboxylic acids is 1. The fourth-order valence-corrected chi connectivity index (χ4v) is 1.95.